The van der Waals surface area contributed by atoms with E-state index >= 15 is 0 Å². The van der Waals surface area contributed by atoms with Crippen LogP contribution in [-0.4, -0.2) is 130 Å². The fraction of sp³-hybridized carbons (Fsp3) is 0.667. The van der Waals surface area contributed by atoms with E-state index in [4.69, 9.17) is 21.3 Å². The van der Waals surface area contributed by atoms with E-state index in [-0.39, 0.29) is 61.3 Å². The number of rotatable bonds is 17. The van der Waals surface area contributed by atoms with Gasteiger partial charge in [0.05, 0.1) is 12.6 Å². The molecule has 0 spiro atoms. The molecule has 0 aromatic carbocycles. The van der Waals surface area contributed by atoms with Crippen molar-refractivity contribution in [2.45, 2.75) is 62.7 Å². The van der Waals surface area contributed by atoms with Gasteiger partial charge in [-0.15, -0.1) is 0 Å². The van der Waals surface area contributed by atoms with Crippen molar-refractivity contribution in [2.24, 2.45) is 5.73 Å². The molecule has 0 saturated carbocycles. The third-order valence-electron chi connectivity index (χ3n) is 6.85. The van der Waals surface area contributed by atoms with Crippen molar-refractivity contribution < 1.29 is 42.9 Å². The summed E-state index contributed by atoms with van der Waals surface area (Å²) in [4.78, 5) is 49.8. The summed E-state index contributed by atoms with van der Waals surface area (Å²) < 4.78 is 31.5. The van der Waals surface area contributed by atoms with E-state index < -0.39 is 52.5 Å². The maximum atomic E-state index is 12.9. The van der Waals surface area contributed by atoms with E-state index in [0.29, 0.717) is 25.8 Å². The Labute approximate surface area is 253 Å². The third kappa shape index (κ3) is 9.40. The van der Waals surface area contributed by atoms with Crippen molar-refractivity contribution in [3.8, 4) is 0 Å². The Bertz CT molecular complexity index is 1420. The lowest BCUT2D eigenvalue weighted by atomic mass is 10.1. The van der Waals surface area contributed by atoms with Gasteiger partial charge in [0.2, 0.25) is 21.9 Å². The van der Waals surface area contributed by atoms with E-state index in [9.17, 15) is 33.0 Å². The molecule has 246 valence electrons. The molecule has 19 nitrogen and oxygen atoms in total. The number of aliphatic carboxylic acids is 1. The van der Waals surface area contributed by atoms with Crippen LogP contribution >= 0.6 is 0 Å². The number of hydrogen-bond acceptors (Lipinski definition) is 14. The molecule has 0 radical (unpaired) electrons. The average Bonchev–Trinajstić information content (AvgIpc) is 3.51. The zero-order valence-electron chi connectivity index (χ0n) is 24.4. The molecular weight excluding hydrogens is 604 g/mol. The molecule has 2 aromatic rings. The molecule has 10 N–H and O–H groups in total. The van der Waals surface area contributed by atoms with Crippen LogP contribution in [-0.2, 0) is 29.1 Å². The normalized spacial score (nSPS) is 20.8. The molecule has 1 aliphatic rings. The molecule has 1 unspecified atom stereocenters. The van der Waals surface area contributed by atoms with Crippen LogP contribution in [0.1, 0.15) is 38.3 Å². The number of anilines is 2. The second kappa shape index (κ2) is 15.3. The summed E-state index contributed by atoms with van der Waals surface area (Å²) in [5.41, 5.74) is 11.9. The smallest absolute Gasteiger partial charge is 0.320 e. The summed E-state index contributed by atoms with van der Waals surface area (Å²) in [5, 5.41) is 36.0. The Morgan fingerprint density at radius 1 is 1.14 bits per heavy atom. The van der Waals surface area contributed by atoms with Crippen molar-refractivity contribution in [1.29, 1.82) is 0 Å². The molecule has 44 heavy (non-hydrogen) atoms. The highest BCUT2D eigenvalue weighted by Gasteiger charge is 2.48. The highest BCUT2D eigenvalue weighted by molar-refractivity contribution is 7.88. The lowest BCUT2D eigenvalue weighted by Crippen LogP contribution is -2.45. The molecule has 0 bridgehead atoms. The number of likely N-dealkylation sites (N-methyl/N-ethyl adjacent to an activating group) is 1. The zero-order chi connectivity index (χ0) is 32.6. The first-order valence-electron chi connectivity index (χ1n) is 13.9. The number of nitrogens with zero attached hydrogens (tertiary/aromatic N) is 5. The van der Waals surface area contributed by atoms with Gasteiger partial charge < -0.3 is 47.1 Å². The number of nitrogens with two attached hydrogens (primary N) is 2. The van der Waals surface area contributed by atoms with Gasteiger partial charge in [-0.3, -0.25) is 19.0 Å². The fourth-order valence-electron chi connectivity index (χ4n) is 4.39. The third-order valence-corrected chi connectivity index (χ3v) is 7.58. The first-order chi connectivity index (χ1) is 20.7. The van der Waals surface area contributed by atoms with Crippen LogP contribution in [0.25, 0.3) is 11.2 Å². The van der Waals surface area contributed by atoms with E-state index in [1.807, 2.05) is 0 Å². The number of nitrogens with one attached hydrogen (secondary N) is 3. The number of ether oxygens (including phenoxy) is 1. The van der Waals surface area contributed by atoms with E-state index in [2.05, 4.69) is 30.3 Å². The van der Waals surface area contributed by atoms with Crippen LogP contribution in [0.4, 0.5) is 11.8 Å². The monoisotopic (exact) mass is 644 g/mol. The van der Waals surface area contributed by atoms with E-state index in [1.165, 1.54) is 22.8 Å². The summed E-state index contributed by atoms with van der Waals surface area (Å²) in [5.74, 6) is -1.94. The maximum Gasteiger partial charge on any atom is 0.320 e. The van der Waals surface area contributed by atoms with E-state index in [1.54, 1.807) is 0 Å². The van der Waals surface area contributed by atoms with Gasteiger partial charge in [-0.25, -0.2) is 18.1 Å². The van der Waals surface area contributed by atoms with Gasteiger partial charge in [0, 0.05) is 39.6 Å². The molecule has 3 heterocycles. The standard InChI is InChI=1S/C24H40N10O9S/c1-33(11-7-13(25)23(39)40)21(38)18-16(36)17(37)22(43-18)34-12-29-15-19(26)31-24(32-20(15)34)28-10-9-27-14(35)6-4-3-5-8-30-44(2,41)42/h12-13,16-18,22,30,36-37H,3-11,25H2,1-2H3,(H,27,35)(H,39,40)(H3,26,28,31,32)/t13-,16-,17+,18-,22?/m0/s1. The Balaban J connectivity index is 1.54. The minimum Gasteiger partial charge on any atom is -0.480 e. The quantitative estimate of drug-likeness (QED) is 0.0793. The lowest BCUT2D eigenvalue weighted by Gasteiger charge is -2.23. The van der Waals surface area contributed by atoms with Crippen LogP contribution in [0, 0.1) is 0 Å². The molecule has 1 aliphatic heterocycles. The highest BCUT2D eigenvalue weighted by atomic mass is 32.2. The predicted molar refractivity (Wildman–Crippen MR) is 156 cm³/mol. The summed E-state index contributed by atoms with van der Waals surface area (Å²) in [6.45, 7) is 0.808. The average molecular weight is 645 g/mol. The summed E-state index contributed by atoms with van der Waals surface area (Å²) in [7, 11) is -1.82. The van der Waals surface area contributed by atoms with Crippen molar-refractivity contribution in [2.75, 3.05) is 50.5 Å². The largest absolute Gasteiger partial charge is 0.480 e. The topological polar surface area (TPSA) is 290 Å². The molecule has 0 aliphatic carbocycles. The number of carbonyl (C=O) groups is 3. The summed E-state index contributed by atoms with van der Waals surface area (Å²) in [6, 6.07) is -1.17. The van der Waals surface area contributed by atoms with Gasteiger partial charge in [-0.05, 0) is 19.3 Å². The van der Waals surface area contributed by atoms with Gasteiger partial charge in [0.25, 0.3) is 5.91 Å². The zero-order valence-corrected chi connectivity index (χ0v) is 25.2. The van der Waals surface area contributed by atoms with Crippen LogP contribution < -0.4 is 26.8 Å². The molecule has 2 amide bonds. The number of aromatic nitrogens is 4. The highest BCUT2D eigenvalue weighted by Crippen LogP contribution is 2.33. The van der Waals surface area contributed by atoms with Gasteiger partial charge in [-0.1, -0.05) is 6.42 Å². The molecule has 20 heteroatoms. The lowest BCUT2D eigenvalue weighted by molar-refractivity contribution is -0.148. The number of aliphatic hydroxyl groups excluding tert-OH is 2. The van der Waals surface area contributed by atoms with Crippen LogP contribution in [0.2, 0.25) is 0 Å². The number of carbonyl (C=O) groups excluding carboxylic acids is 2. The molecule has 2 aromatic heterocycles. The van der Waals surface area contributed by atoms with Crippen molar-refractivity contribution in [1.82, 2.24) is 34.5 Å². The van der Waals surface area contributed by atoms with Crippen LogP contribution in [0.3, 0.4) is 0 Å². The SMILES string of the molecule is CN(CC[C@H](N)C(=O)O)C(=O)[C@H]1OC(n2cnc3c(N)nc(NCCNC(=O)CCCCCNS(C)(=O)=O)nc32)[C@H](O)[C@@H]1O. The van der Waals surface area contributed by atoms with Crippen LogP contribution in [0.5, 0.6) is 0 Å². The Hall–Kier alpha value is -3.69. The Morgan fingerprint density at radius 2 is 1.86 bits per heavy atom. The molecule has 3 rings (SSSR count). The molecule has 5 atom stereocenters. The number of amides is 2. The summed E-state index contributed by atoms with van der Waals surface area (Å²) in [6.07, 6.45) is -1.31. The van der Waals surface area contributed by atoms with Gasteiger partial charge in [-0.2, -0.15) is 9.97 Å². The number of carboxylic acids is 1. The molecular formula is C24H40N10O9S. The number of fused-ring (bicyclic) bond motifs is 1. The van der Waals surface area contributed by atoms with Crippen molar-refractivity contribution in [3.63, 3.8) is 0 Å². The predicted octanol–water partition coefficient (Wildman–Crippen LogP) is -3.07. The van der Waals surface area contributed by atoms with Crippen molar-refractivity contribution >= 4 is 50.7 Å². The van der Waals surface area contributed by atoms with Gasteiger partial charge in [0.15, 0.2) is 23.8 Å². The maximum absolute atomic E-state index is 12.9. The number of unbranched alkanes of at least 4 members (excludes halogenated alkanes) is 2. The van der Waals surface area contributed by atoms with E-state index in [0.717, 1.165) is 6.26 Å². The first-order valence-corrected chi connectivity index (χ1v) is 15.8. The fourth-order valence-corrected chi connectivity index (χ4v) is 4.91. The number of aliphatic hydroxyl groups is 2. The second-order valence-electron chi connectivity index (χ2n) is 10.4. The Kier molecular flexibility index (Phi) is 12.1. The summed E-state index contributed by atoms with van der Waals surface area (Å²) >= 11 is 0. The minimum atomic E-state index is -3.22. The number of imidazole rings is 1. The van der Waals surface area contributed by atoms with Gasteiger partial charge in [0.1, 0.15) is 23.8 Å². The van der Waals surface area contributed by atoms with Crippen molar-refractivity contribution in [3.05, 3.63) is 6.33 Å². The number of sulfonamides is 1. The number of carboxylic acid groups (broad SMARTS) is 1. The Morgan fingerprint density at radius 3 is 2.55 bits per heavy atom. The number of nitrogen functional groups attached to an aromatic ring is 1. The van der Waals surface area contributed by atoms with Gasteiger partial charge >= 0.3 is 5.97 Å². The molecule has 1 saturated heterocycles. The minimum absolute atomic E-state index is 0.0146. The first kappa shape index (κ1) is 34.8. The second-order valence-corrected chi connectivity index (χ2v) is 12.3. The van der Waals surface area contributed by atoms with Crippen LogP contribution in [0.15, 0.2) is 6.33 Å². The molecule has 1 fully saturated rings. The number of hydrogen-bond donors (Lipinski definition) is 8.